The zero-order valence-corrected chi connectivity index (χ0v) is 12.6. The van der Waals surface area contributed by atoms with Gasteiger partial charge in [0.1, 0.15) is 21.7 Å². The van der Waals surface area contributed by atoms with Gasteiger partial charge in [0.2, 0.25) is 6.43 Å². The van der Waals surface area contributed by atoms with Crippen LogP contribution in [0.3, 0.4) is 0 Å². The van der Waals surface area contributed by atoms with Gasteiger partial charge in [-0.3, -0.25) is 0 Å². The van der Waals surface area contributed by atoms with Gasteiger partial charge in [-0.1, -0.05) is 11.3 Å². The fraction of sp³-hybridized carbons (Fsp3) is 0.500. The predicted octanol–water partition coefficient (Wildman–Crippen LogP) is 3.40. The van der Waals surface area contributed by atoms with Gasteiger partial charge in [-0.25, -0.2) is 13.8 Å². The minimum atomic E-state index is -2.27. The number of alkyl halides is 2. The van der Waals surface area contributed by atoms with Gasteiger partial charge < -0.3 is 14.4 Å². The van der Waals surface area contributed by atoms with Gasteiger partial charge in [-0.05, 0) is 18.6 Å². The van der Waals surface area contributed by atoms with Crippen molar-refractivity contribution in [2.45, 2.75) is 12.8 Å². The molecule has 0 spiro atoms. The Morgan fingerprint density at radius 2 is 2.00 bits per heavy atom. The molecule has 2 aromatic rings. The second kappa shape index (κ2) is 5.63. The number of benzene rings is 1. The molecule has 7 heteroatoms. The smallest absolute Gasteiger partial charge is 0.243 e. The van der Waals surface area contributed by atoms with E-state index < -0.39 is 12.3 Å². The van der Waals surface area contributed by atoms with E-state index in [9.17, 15) is 8.78 Å². The Morgan fingerprint density at radius 3 is 2.62 bits per heavy atom. The Labute approximate surface area is 125 Å². The molecule has 0 saturated carbocycles. The van der Waals surface area contributed by atoms with E-state index in [1.165, 1.54) is 11.3 Å². The topological polar surface area (TPSA) is 34.6 Å². The molecule has 0 amide bonds. The number of hydrogen-bond acceptors (Lipinski definition) is 5. The van der Waals surface area contributed by atoms with Gasteiger partial charge in [0.25, 0.3) is 0 Å². The number of anilines is 1. The molecular formula is C14H16F2N2O2S. The summed E-state index contributed by atoms with van der Waals surface area (Å²) >= 11 is 1.45. The summed E-state index contributed by atoms with van der Waals surface area (Å²) in [5, 5.41) is 0.746. The van der Waals surface area contributed by atoms with Crippen LogP contribution in [0, 0.1) is 5.92 Å². The van der Waals surface area contributed by atoms with Crippen LogP contribution in [0.1, 0.15) is 6.42 Å². The maximum absolute atomic E-state index is 12.8. The molecule has 1 unspecified atom stereocenters. The molecule has 2 heterocycles. The van der Waals surface area contributed by atoms with Crippen LogP contribution in [0.5, 0.6) is 11.5 Å². The number of thiazole rings is 1. The Bertz CT molecular complexity index is 606. The van der Waals surface area contributed by atoms with Crippen molar-refractivity contribution < 1.29 is 18.3 Å². The second-order valence-corrected chi connectivity index (χ2v) is 5.95. The third-order valence-corrected chi connectivity index (χ3v) is 4.88. The number of ether oxygens (including phenoxy) is 2. The molecule has 1 saturated heterocycles. The highest BCUT2D eigenvalue weighted by atomic mass is 32.1. The molecule has 1 aromatic heterocycles. The molecule has 1 atom stereocenters. The zero-order valence-electron chi connectivity index (χ0n) is 11.8. The van der Waals surface area contributed by atoms with Gasteiger partial charge >= 0.3 is 0 Å². The average molecular weight is 314 g/mol. The second-order valence-electron chi connectivity index (χ2n) is 4.97. The number of halogens is 2. The fourth-order valence-electron chi connectivity index (χ4n) is 2.58. The molecule has 1 fully saturated rings. The van der Waals surface area contributed by atoms with Crippen molar-refractivity contribution in [2.24, 2.45) is 5.92 Å². The highest BCUT2D eigenvalue weighted by Gasteiger charge is 2.31. The number of hydrogen-bond donors (Lipinski definition) is 0. The summed E-state index contributed by atoms with van der Waals surface area (Å²) in [6.07, 6.45) is -1.77. The van der Waals surface area contributed by atoms with Crippen molar-refractivity contribution in [3.05, 3.63) is 12.1 Å². The van der Waals surface area contributed by atoms with Crippen molar-refractivity contribution in [3.63, 3.8) is 0 Å². The molecule has 1 aliphatic heterocycles. The summed E-state index contributed by atoms with van der Waals surface area (Å²) in [5.74, 6) is 0.817. The van der Waals surface area contributed by atoms with Crippen LogP contribution in [-0.2, 0) is 0 Å². The Hall–Kier alpha value is -1.63. The lowest BCUT2D eigenvalue weighted by Crippen LogP contribution is -2.21. The third kappa shape index (κ3) is 2.50. The van der Waals surface area contributed by atoms with E-state index in [1.807, 2.05) is 11.0 Å². The minimum Gasteiger partial charge on any atom is -0.495 e. The van der Waals surface area contributed by atoms with E-state index in [1.54, 1.807) is 20.3 Å². The zero-order chi connectivity index (χ0) is 15.0. The fourth-order valence-corrected chi connectivity index (χ4v) is 3.69. The number of fused-ring (bicyclic) bond motifs is 1. The highest BCUT2D eigenvalue weighted by molar-refractivity contribution is 7.22. The third-order valence-electron chi connectivity index (χ3n) is 3.75. The normalized spacial score (nSPS) is 18.7. The van der Waals surface area contributed by atoms with Crippen LogP contribution in [0.2, 0.25) is 0 Å². The molecule has 3 rings (SSSR count). The quantitative estimate of drug-likeness (QED) is 0.866. The van der Waals surface area contributed by atoms with Crippen LogP contribution in [0.25, 0.3) is 10.2 Å². The molecule has 114 valence electrons. The molecule has 1 aromatic carbocycles. The van der Waals surface area contributed by atoms with Gasteiger partial charge in [-0.2, -0.15) is 0 Å². The van der Waals surface area contributed by atoms with Gasteiger partial charge in [0.15, 0.2) is 5.13 Å². The van der Waals surface area contributed by atoms with E-state index >= 15 is 0 Å². The van der Waals surface area contributed by atoms with E-state index in [-0.39, 0.29) is 0 Å². The molecule has 21 heavy (non-hydrogen) atoms. The first kappa shape index (κ1) is 14.3. The maximum Gasteiger partial charge on any atom is 0.243 e. The SMILES string of the molecule is COc1ccc(OC)c2sc(N3CCC(C(F)F)C3)nc12. The maximum atomic E-state index is 12.8. The summed E-state index contributed by atoms with van der Waals surface area (Å²) in [7, 11) is 3.19. The Morgan fingerprint density at radius 1 is 1.29 bits per heavy atom. The van der Waals surface area contributed by atoms with Crippen LogP contribution in [0.4, 0.5) is 13.9 Å². The predicted molar refractivity (Wildman–Crippen MR) is 79.0 cm³/mol. The molecule has 1 aliphatic rings. The van der Waals surface area contributed by atoms with Crippen LogP contribution in [-0.4, -0.2) is 38.7 Å². The molecule has 0 N–H and O–H groups in total. The van der Waals surface area contributed by atoms with Crippen LogP contribution < -0.4 is 14.4 Å². The van der Waals surface area contributed by atoms with Crippen LogP contribution in [0.15, 0.2) is 12.1 Å². The van der Waals surface area contributed by atoms with Crippen molar-refractivity contribution in [2.75, 3.05) is 32.2 Å². The standard InChI is InChI=1S/C14H16F2N2O2S/c1-19-9-3-4-10(20-2)12-11(9)17-14(21-12)18-6-5-8(7-18)13(15)16/h3-4,8,13H,5-7H2,1-2H3. The van der Waals surface area contributed by atoms with E-state index in [4.69, 9.17) is 9.47 Å². The summed E-state index contributed by atoms with van der Waals surface area (Å²) in [4.78, 5) is 6.48. The molecule has 0 bridgehead atoms. The Kier molecular flexibility index (Phi) is 3.84. The lowest BCUT2D eigenvalue weighted by Gasteiger charge is -2.14. The van der Waals surface area contributed by atoms with Gasteiger partial charge in [0, 0.05) is 19.0 Å². The number of aromatic nitrogens is 1. The molecule has 0 aliphatic carbocycles. The number of rotatable bonds is 4. The average Bonchev–Trinajstić information content (AvgIpc) is 3.12. The van der Waals surface area contributed by atoms with Gasteiger partial charge in [-0.15, -0.1) is 0 Å². The van der Waals surface area contributed by atoms with Crippen molar-refractivity contribution >= 4 is 26.7 Å². The summed E-state index contributed by atoms with van der Waals surface area (Å²) in [5.41, 5.74) is 0.720. The Balaban J connectivity index is 1.97. The monoisotopic (exact) mass is 314 g/mol. The first-order valence-corrected chi connectivity index (χ1v) is 7.50. The van der Waals surface area contributed by atoms with Crippen molar-refractivity contribution in [3.8, 4) is 11.5 Å². The van der Waals surface area contributed by atoms with Crippen molar-refractivity contribution in [1.29, 1.82) is 0 Å². The lowest BCUT2D eigenvalue weighted by atomic mass is 10.1. The molecule has 0 radical (unpaired) electrons. The summed E-state index contributed by atoms with van der Waals surface area (Å²) < 4.78 is 37.1. The van der Waals surface area contributed by atoms with E-state index in [0.29, 0.717) is 25.3 Å². The lowest BCUT2D eigenvalue weighted by molar-refractivity contribution is 0.0880. The van der Waals surface area contributed by atoms with Crippen molar-refractivity contribution in [1.82, 2.24) is 4.98 Å². The van der Waals surface area contributed by atoms with Gasteiger partial charge in [0.05, 0.1) is 14.2 Å². The largest absolute Gasteiger partial charge is 0.495 e. The van der Waals surface area contributed by atoms with E-state index in [0.717, 1.165) is 21.1 Å². The van der Waals surface area contributed by atoms with Crippen LogP contribution >= 0.6 is 11.3 Å². The molecule has 4 nitrogen and oxygen atoms in total. The summed E-state index contributed by atoms with van der Waals surface area (Å²) in [6.45, 7) is 0.960. The molecular weight excluding hydrogens is 298 g/mol. The van der Waals surface area contributed by atoms with E-state index in [2.05, 4.69) is 4.98 Å². The number of methoxy groups -OCH3 is 2. The first-order chi connectivity index (χ1) is 10.1. The summed E-state index contributed by atoms with van der Waals surface area (Å²) in [6, 6.07) is 3.63. The minimum absolute atomic E-state index is 0.349. The highest BCUT2D eigenvalue weighted by Crippen LogP contribution is 2.41. The number of nitrogens with zero attached hydrogens (tertiary/aromatic N) is 2. The first-order valence-electron chi connectivity index (χ1n) is 6.68.